The molecule has 0 aliphatic carbocycles. The summed E-state index contributed by atoms with van der Waals surface area (Å²) in [5, 5.41) is 44.7. The van der Waals surface area contributed by atoms with Crippen LogP contribution in [0.1, 0.15) is 65.2 Å². The molecule has 0 aromatic carbocycles. The molecule has 0 aromatic rings. The molecule has 5 N–H and O–H groups in total. The fraction of sp³-hybridized carbons (Fsp3) is 1.00. The van der Waals surface area contributed by atoms with Crippen LogP contribution >= 0.6 is 0 Å². The second kappa shape index (κ2) is 13.2. The lowest BCUT2D eigenvalue weighted by atomic mass is 10.00. The maximum atomic E-state index is 9.12. The zero-order valence-electron chi connectivity index (χ0n) is 13.9. The van der Waals surface area contributed by atoms with E-state index in [1.807, 2.05) is 0 Å². The first-order chi connectivity index (χ1) is 10.5. The summed E-state index contributed by atoms with van der Waals surface area (Å²) in [4.78, 5) is 0. The van der Waals surface area contributed by atoms with Gasteiger partial charge in [0.15, 0.2) is 6.29 Å². The van der Waals surface area contributed by atoms with Crippen molar-refractivity contribution >= 4 is 0 Å². The van der Waals surface area contributed by atoms with Crippen molar-refractivity contribution in [3.63, 3.8) is 0 Å². The van der Waals surface area contributed by atoms with Crippen molar-refractivity contribution in [3.05, 3.63) is 0 Å². The van der Waals surface area contributed by atoms with Gasteiger partial charge in [0.2, 0.25) is 0 Å². The Morgan fingerprint density at radius 2 is 1.14 bits per heavy atom. The minimum absolute atomic E-state index is 0.526. The van der Waals surface area contributed by atoms with E-state index >= 15 is 0 Å². The van der Waals surface area contributed by atoms with E-state index < -0.39 is 37.3 Å². The molecule has 6 nitrogen and oxygen atoms in total. The number of rotatable bonds is 8. The monoisotopic (exact) mass is 322 g/mol. The summed E-state index contributed by atoms with van der Waals surface area (Å²) in [6.07, 6.45) is 4.42. The van der Waals surface area contributed by atoms with Crippen LogP contribution < -0.4 is 0 Å². The molecular weight excluding hydrogens is 288 g/mol. The summed E-state index contributed by atoms with van der Waals surface area (Å²) >= 11 is 0. The minimum atomic E-state index is -1.57. The Labute approximate surface area is 133 Å². The van der Waals surface area contributed by atoms with Gasteiger partial charge in [-0.3, -0.25) is 0 Å². The fourth-order valence-electron chi connectivity index (χ4n) is 2.29. The zero-order valence-corrected chi connectivity index (χ0v) is 13.9. The molecule has 1 heterocycles. The normalized spacial score (nSPS) is 31.5. The highest BCUT2D eigenvalue weighted by molar-refractivity contribution is 4.87. The van der Waals surface area contributed by atoms with Crippen molar-refractivity contribution in [1.29, 1.82) is 0 Å². The van der Waals surface area contributed by atoms with E-state index in [-0.39, 0.29) is 0 Å². The molecule has 1 fully saturated rings. The van der Waals surface area contributed by atoms with Crippen LogP contribution in [-0.2, 0) is 4.74 Å². The third kappa shape index (κ3) is 8.41. The average Bonchev–Trinajstić information content (AvgIpc) is 2.53. The summed E-state index contributed by atoms with van der Waals surface area (Å²) in [6.45, 7) is 4.01. The lowest BCUT2D eigenvalue weighted by Gasteiger charge is -2.37. The molecule has 1 aliphatic heterocycles. The van der Waals surface area contributed by atoms with Crippen molar-refractivity contribution in [1.82, 2.24) is 0 Å². The fourth-order valence-corrected chi connectivity index (χ4v) is 2.29. The van der Waals surface area contributed by atoms with Gasteiger partial charge in [0.25, 0.3) is 0 Å². The highest BCUT2D eigenvalue weighted by Gasteiger charge is 2.42. The molecule has 5 atom stereocenters. The Morgan fingerprint density at radius 1 is 0.682 bits per heavy atom. The van der Waals surface area contributed by atoms with E-state index in [0.29, 0.717) is 0 Å². The second-order valence-corrected chi connectivity index (χ2v) is 5.84. The summed E-state index contributed by atoms with van der Waals surface area (Å²) in [6, 6.07) is 0. The SMILES string of the molecule is CCCCCCCCCC.OC[C@H]1OC(O)[C@H](O)[C@@H](O)[C@@H]1O. The molecule has 0 bridgehead atoms. The summed E-state index contributed by atoms with van der Waals surface area (Å²) < 4.78 is 4.58. The Kier molecular flexibility index (Phi) is 13.1. The molecule has 1 unspecified atom stereocenters. The first-order valence-corrected chi connectivity index (χ1v) is 8.48. The molecule has 0 radical (unpaired) electrons. The standard InChI is InChI=1S/C10H22.C6H12O6/c1-3-5-7-9-10-8-6-4-2;7-1-2-3(8)4(9)5(10)6(11)12-2/h3-10H2,1-2H3;2-11H,1H2/t;2-,3-,4+,5-,6?/m.1/s1. The Bertz CT molecular complexity index is 238. The molecule has 134 valence electrons. The molecule has 6 heteroatoms. The molecule has 1 rings (SSSR count). The van der Waals surface area contributed by atoms with Crippen LogP contribution in [0.15, 0.2) is 0 Å². The van der Waals surface area contributed by atoms with Crippen molar-refractivity contribution in [2.75, 3.05) is 6.61 Å². The molecule has 1 aliphatic rings. The number of aliphatic hydroxyl groups is 5. The van der Waals surface area contributed by atoms with Crippen LogP contribution in [0.2, 0.25) is 0 Å². The van der Waals surface area contributed by atoms with Crippen LogP contribution in [0.4, 0.5) is 0 Å². The van der Waals surface area contributed by atoms with E-state index in [1.165, 1.54) is 51.4 Å². The lowest BCUT2D eigenvalue weighted by molar-refractivity contribution is -0.286. The van der Waals surface area contributed by atoms with E-state index in [2.05, 4.69) is 18.6 Å². The topological polar surface area (TPSA) is 110 Å². The highest BCUT2D eigenvalue weighted by atomic mass is 16.6. The lowest BCUT2D eigenvalue weighted by Crippen LogP contribution is -2.58. The first kappa shape index (κ1) is 21.8. The maximum Gasteiger partial charge on any atom is 0.184 e. The van der Waals surface area contributed by atoms with Crippen molar-refractivity contribution < 1.29 is 30.3 Å². The molecule has 0 aromatic heterocycles. The number of unbranched alkanes of at least 4 members (excludes halogenated alkanes) is 7. The van der Waals surface area contributed by atoms with Crippen LogP contribution in [0, 0.1) is 0 Å². The summed E-state index contributed by atoms with van der Waals surface area (Å²) in [5.74, 6) is 0. The van der Waals surface area contributed by atoms with Crippen LogP contribution in [0.25, 0.3) is 0 Å². The molecule has 0 amide bonds. The molecule has 1 saturated heterocycles. The summed E-state index contributed by atoms with van der Waals surface area (Å²) in [5.41, 5.74) is 0. The van der Waals surface area contributed by atoms with Crippen molar-refractivity contribution in [3.8, 4) is 0 Å². The maximum absolute atomic E-state index is 9.12. The molecule has 0 saturated carbocycles. The highest BCUT2D eigenvalue weighted by Crippen LogP contribution is 2.19. The van der Waals surface area contributed by atoms with E-state index in [0.717, 1.165) is 0 Å². The molecule has 22 heavy (non-hydrogen) atoms. The quantitative estimate of drug-likeness (QED) is 0.425. The third-order valence-electron chi connectivity index (χ3n) is 3.82. The van der Waals surface area contributed by atoms with Gasteiger partial charge >= 0.3 is 0 Å². The van der Waals surface area contributed by atoms with Crippen molar-refractivity contribution in [2.24, 2.45) is 0 Å². The van der Waals surface area contributed by atoms with Gasteiger partial charge in [-0.2, -0.15) is 0 Å². The number of hydrogen-bond donors (Lipinski definition) is 5. The van der Waals surface area contributed by atoms with Gasteiger partial charge < -0.3 is 30.3 Å². The van der Waals surface area contributed by atoms with Gasteiger partial charge in [0.1, 0.15) is 24.4 Å². The Balaban J connectivity index is 0.000000409. The Morgan fingerprint density at radius 3 is 1.55 bits per heavy atom. The van der Waals surface area contributed by atoms with Gasteiger partial charge in [-0.25, -0.2) is 0 Å². The summed E-state index contributed by atoms with van der Waals surface area (Å²) in [7, 11) is 0. The Hall–Kier alpha value is -0.240. The zero-order chi connectivity index (χ0) is 17.0. The van der Waals surface area contributed by atoms with Crippen LogP contribution in [0.3, 0.4) is 0 Å². The average molecular weight is 322 g/mol. The van der Waals surface area contributed by atoms with Gasteiger partial charge in [0, 0.05) is 0 Å². The van der Waals surface area contributed by atoms with Gasteiger partial charge in [-0.05, 0) is 0 Å². The number of aliphatic hydroxyl groups excluding tert-OH is 5. The smallest absolute Gasteiger partial charge is 0.184 e. The third-order valence-corrected chi connectivity index (χ3v) is 3.82. The van der Waals surface area contributed by atoms with E-state index in [1.54, 1.807) is 0 Å². The predicted octanol–water partition coefficient (Wildman–Crippen LogP) is 0.926. The largest absolute Gasteiger partial charge is 0.394 e. The first-order valence-electron chi connectivity index (χ1n) is 8.48. The van der Waals surface area contributed by atoms with Crippen molar-refractivity contribution in [2.45, 2.75) is 95.9 Å². The van der Waals surface area contributed by atoms with Gasteiger partial charge in [0.05, 0.1) is 6.61 Å². The van der Waals surface area contributed by atoms with Gasteiger partial charge in [-0.1, -0.05) is 65.2 Å². The molecular formula is C16H34O6. The number of hydrogen-bond acceptors (Lipinski definition) is 6. The van der Waals surface area contributed by atoms with Crippen LogP contribution in [-0.4, -0.2) is 62.8 Å². The van der Waals surface area contributed by atoms with Crippen LogP contribution in [0.5, 0.6) is 0 Å². The van der Waals surface area contributed by atoms with Gasteiger partial charge in [-0.15, -0.1) is 0 Å². The predicted molar refractivity (Wildman–Crippen MR) is 84.3 cm³/mol. The second-order valence-electron chi connectivity index (χ2n) is 5.84. The molecule has 0 spiro atoms. The van der Waals surface area contributed by atoms with E-state index in [4.69, 9.17) is 25.5 Å². The number of ether oxygens (including phenoxy) is 1. The van der Waals surface area contributed by atoms with E-state index in [9.17, 15) is 0 Å². The minimum Gasteiger partial charge on any atom is -0.394 e.